The first-order chi connectivity index (χ1) is 11.6. The highest BCUT2D eigenvalue weighted by Gasteiger charge is 2.16. The number of carbonyl (C=O) groups excluding carboxylic acids is 1. The number of fused-ring (bicyclic) bond motifs is 1. The standard InChI is InChI=1S/C21H20N2O/c1-4-16-18-12-8-9-13-19(18)23-20(16)15(3)22-21(24)17-11-7-5-6-10-14(17)2/h4-9,11-13,23H,1,3,10H2,2H3,(H,22,24). The van der Waals surface area contributed by atoms with Crippen molar-refractivity contribution in [3.05, 3.63) is 84.1 Å². The maximum atomic E-state index is 12.6. The number of aromatic amines is 1. The van der Waals surface area contributed by atoms with Gasteiger partial charge in [-0.3, -0.25) is 4.79 Å². The summed E-state index contributed by atoms with van der Waals surface area (Å²) in [5.41, 5.74) is 4.97. The molecule has 24 heavy (non-hydrogen) atoms. The molecule has 1 aromatic heterocycles. The molecule has 0 radical (unpaired) electrons. The Kier molecular flexibility index (Phi) is 4.34. The van der Waals surface area contributed by atoms with E-state index in [-0.39, 0.29) is 5.91 Å². The van der Waals surface area contributed by atoms with E-state index >= 15 is 0 Å². The molecule has 2 aromatic rings. The fourth-order valence-electron chi connectivity index (χ4n) is 2.88. The number of aromatic nitrogens is 1. The minimum absolute atomic E-state index is 0.147. The molecule has 0 bridgehead atoms. The molecule has 1 aliphatic rings. The SMILES string of the molecule is C=Cc1c(C(=C)NC(=O)C2=C(C)CC=CC=C2)[nH]c2ccccc12. The van der Waals surface area contributed by atoms with Crippen molar-refractivity contribution < 1.29 is 4.79 Å². The second kappa shape index (κ2) is 6.59. The van der Waals surface area contributed by atoms with E-state index in [1.807, 2.05) is 55.5 Å². The zero-order chi connectivity index (χ0) is 17.1. The second-order valence-electron chi connectivity index (χ2n) is 5.78. The molecule has 3 rings (SSSR count). The Morgan fingerprint density at radius 1 is 1.29 bits per heavy atom. The van der Waals surface area contributed by atoms with Gasteiger partial charge in [-0.05, 0) is 25.5 Å². The minimum atomic E-state index is -0.147. The summed E-state index contributed by atoms with van der Waals surface area (Å²) in [5.74, 6) is -0.147. The lowest BCUT2D eigenvalue weighted by Gasteiger charge is -2.10. The van der Waals surface area contributed by atoms with Crippen LogP contribution in [0.25, 0.3) is 22.7 Å². The minimum Gasteiger partial charge on any atom is -0.353 e. The van der Waals surface area contributed by atoms with Crippen LogP contribution in [0.2, 0.25) is 0 Å². The van der Waals surface area contributed by atoms with Crippen molar-refractivity contribution in [3.63, 3.8) is 0 Å². The van der Waals surface area contributed by atoms with Crippen molar-refractivity contribution in [2.24, 2.45) is 0 Å². The number of benzene rings is 1. The molecule has 0 spiro atoms. The first kappa shape index (κ1) is 15.8. The summed E-state index contributed by atoms with van der Waals surface area (Å²) in [6.07, 6.45) is 10.3. The van der Waals surface area contributed by atoms with E-state index in [2.05, 4.69) is 23.5 Å². The van der Waals surface area contributed by atoms with Gasteiger partial charge in [0.1, 0.15) is 0 Å². The van der Waals surface area contributed by atoms with Crippen LogP contribution < -0.4 is 5.32 Å². The highest BCUT2D eigenvalue weighted by atomic mass is 16.1. The molecule has 0 fully saturated rings. The van der Waals surface area contributed by atoms with E-state index < -0.39 is 0 Å². The smallest absolute Gasteiger partial charge is 0.255 e. The fraction of sp³-hybridized carbons (Fsp3) is 0.0952. The van der Waals surface area contributed by atoms with Crippen LogP contribution >= 0.6 is 0 Å². The summed E-state index contributed by atoms with van der Waals surface area (Å²) in [6.45, 7) is 9.89. The molecule has 0 saturated carbocycles. The van der Waals surface area contributed by atoms with Crippen molar-refractivity contribution in [3.8, 4) is 0 Å². The Bertz CT molecular complexity index is 922. The maximum Gasteiger partial charge on any atom is 0.255 e. The number of para-hydroxylation sites is 1. The first-order valence-electron chi connectivity index (χ1n) is 7.88. The number of H-pyrrole nitrogens is 1. The Morgan fingerprint density at radius 2 is 2.08 bits per heavy atom. The van der Waals surface area contributed by atoms with Gasteiger partial charge in [0.25, 0.3) is 5.91 Å². The molecule has 1 heterocycles. The Balaban J connectivity index is 1.90. The van der Waals surface area contributed by atoms with Gasteiger partial charge in [-0.25, -0.2) is 0 Å². The summed E-state index contributed by atoms with van der Waals surface area (Å²) >= 11 is 0. The Morgan fingerprint density at radius 3 is 2.88 bits per heavy atom. The predicted octanol–water partition coefficient (Wildman–Crippen LogP) is 4.73. The summed E-state index contributed by atoms with van der Waals surface area (Å²) in [4.78, 5) is 15.9. The number of nitrogens with one attached hydrogen (secondary N) is 2. The van der Waals surface area contributed by atoms with Gasteiger partial charge < -0.3 is 10.3 Å². The largest absolute Gasteiger partial charge is 0.353 e. The van der Waals surface area contributed by atoms with Crippen LogP contribution in [0, 0.1) is 0 Å². The van der Waals surface area contributed by atoms with E-state index in [1.54, 1.807) is 6.08 Å². The van der Waals surface area contributed by atoms with Crippen molar-refractivity contribution in [1.29, 1.82) is 0 Å². The lowest BCUT2D eigenvalue weighted by molar-refractivity contribution is -0.116. The van der Waals surface area contributed by atoms with E-state index in [4.69, 9.17) is 0 Å². The molecule has 1 aliphatic carbocycles. The number of amides is 1. The zero-order valence-electron chi connectivity index (χ0n) is 13.7. The van der Waals surface area contributed by atoms with Gasteiger partial charge in [0.05, 0.1) is 11.4 Å². The van der Waals surface area contributed by atoms with Crippen LogP contribution in [0.4, 0.5) is 0 Å². The van der Waals surface area contributed by atoms with Gasteiger partial charge >= 0.3 is 0 Å². The molecule has 1 amide bonds. The molecule has 0 atom stereocenters. The summed E-state index contributed by atoms with van der Waals surface area (Å²) in [5, 5.41) is 3.97. The highest BCUT2D eigenvalue weighted by Crippen LogP contribution is 2.27. The number of hydrogen-bond donors (Lipinski definition) is 2. The normalized spacial score (nSPS) is 13.9. The topological polar surface area (TPSA) is 44.9 Å². The molecular weight excluding hydrogens is 296 g/mol. The number of allylic oxidation sites excluding steroid dienone is 4. The van der Waals surface area contributed by atoms with Gasteiger partial charge in [0.15, 0.2) is 0 Å². The van der Waals surface area contributed by atoms with Crippen LogP contribution in [0.5, 0.6) is 0 Å². The third kappa shape index (κ3) is 2.88. The van der Waals surface area contributed by atoms with E-state index in [9.17, 15) is 4.79 Å². The Hall–Kier alpha value is -3.07. The van der Waals surface area contributed by atoms with Crippen molar-refractivity contribution in [2.75, 3.05) is 0 Å². The van der Waals surface area contributed by atoms with Crippen molar-refractivity contribution in [2.45, 2.75) is 13.3 Å². The van der Waals surface area contributed by atoms with E-state index in [1.165, 1.54) is 0 Å². The first-order valence-corrected chi connectivity index (χ1v) is 7.88. The molecule has 3 heteroatoms. The molecule has 120 valence electrons. The molecule has 0 saturated heterocycles. The fourth-order valence-corrected chi connectivity index (χ4v) is 2.88. The Labute approximate surface area is 141 Å². The molecule has 0 aliphatic heterocycles. The third-order valence-corrected chi connectivity index (χ3v) is 4.16. The molecule has 2 N–H and O–H groups in total. The number of carbonyl (C=O) groups is 1. The molecule has 1 aromatic carbocycles. The van der Waals surface area contributed by atoms with Crippen LogP contribution in [0.15, 0.2) is 72.9 Å². The zero-order valence-corrected chi connectivity index (χ0v) is 13.7. The van der Waals surface area contributed by atoms with Crippen molar-refractivity contribution in [1.82, 2.24) is 10.3 Å². The maximum absolute atomic E-state index is 12.6. The van der Waals surface area contributed by atoms with Gasteiger partial charge in [0.2, 0.25) is 0 Å². The average molecular weight is 316 g/mol. The van der Waals surface area contributed by atoms with Gasteiger partial charge in [-0.15, -0.1) is 0 Å². The summed E-state index contributed by atoms with van der Waals surface area (Å²) in [7, 11) is 0. The molecule has 0 unspecified atom stereocenters. The van der Waals surface area contributed by atoms with Crippen LogP contribution in [-0.2, 0) is 4.79 Å². The van der Waals surface area contributed by atoms with Crippen molar-refractivity contribution >= 4 is 28.6 Å². The predicted molar refractivity (Wildman–Crippen MR) is 101 cm³/mol. The van der Waals surface area contributed by atoms with Gasteiger partial charge in [-0.2, -0.15) is 0 Å². The number of rotatable bonds is 4. The van der Waals surface area contributed by atoms with Crippen LogP contribution in [0.1, 0.15) is 24.6 Å². The quantitative estimate of drug-likeness (QED) is 0.841. The highest BCUT2D eigenvalue weighted by molar-refractivity contribution is 6.03. The van der Waals surface area contributed by atoms with Gasteiger partial charge in [0, 0.05) is 22.0 Å². The summed E-state index contributed by atoms with van der Waals surface area (Å²) < 4.78 is 0. The van der Waals surface area contributed by atoms with E-state index in [0.29, 0.717) is 11.3 Å². The lowest BCUT2D eigenvalue weighted by Crippen LogP contribution is -2.23. The van der Waals surface area contributed by atoms with E-state index in [0.717, 1.165) is 34.2 Å². The van der Waals surface area contributed by atoms with Crippen LogP contribution in [-0.4, -0.2) is 10.9 Å². The average Bonchev–Trinajstić information content (AvgIpc) is 2.82. The summed E-state index contributed by atoms with van der Waals surface area (Å²) in [6, 6.07) is 7.96. The third-order valence-electron chi connectivity index (χ3n) is 4.16. The molecular formula is C21H20N2O. The monoisotopic (exact) mass is 316 g/mol. The second-order valence-corrected chi connectivity index (χ2v) is 5.78. The van der Waals surface area contributed by atoms with Gasteiger partial charge in [-0.1, -0.05) is 61.2 Å². The van der Waals surface area contributed by atoms with Crippen LogP contribution in [0.3, 0.4) is 0 Å². The lowest BCUT2D eigenvalue weighted by atomic mass is 10.1. The number of hydrogen-bond acceptors (Lipinski definition) is 1. The molecule has 3 nitrogen and oxygen atoms in total.